The molecule has 0 unspecified atom stereocenters. The highest BCUT2D eigenvalue weighted by Gasteiger charge is 2.17. The molecule has 0 aliphatic rings. The Morgan fingerprint density at radius 1 is 0.880 bits per heavy atom. The standard InChI is InChI=1S/C18H18N4O2S/c1-14-8-6-7-11-16(14)25(23,24)21-17-12-13-18(20-19-17)22(2)15-9-4-3-5-10-15/h3-13H,1-2H3,(H,19,21). The fourth-order valence-corrected chi connectivity index (χ4v) is 3.64. The summed E-state index contributed by atoms with van der Waals surface area (Å²) in [7, 11) is -1.82. The van der Waals surface area contributed by atoms with Crippen LogP contribution in [0.1, 0.15) is 5.56 Å². The van der Waals surface area contributed by atoms with E-state index in [2.05, 4.69) is 14.9 Å². The van der Waals surface area contributed by atoms with Crippen LogP contribution in [0.2, 0.25) is 0 Å². The molecule has 0 bridgehead atoms. The highest BCUT2D eigenvalue weighted by Crippen LogP contribution is 2.22. The van der Waals surface area contributed by atoms with E-state index in [0.29, 0.717) is 11.4 Å². The van der Waals surface area contributed by atoms with Crippen LogP contribution in [0.5, 0.6) is 0 Å². The summed E-state index contributed by atoms with van der Waals surface area (Å²) in [5.74, 6) is 0.790. The third-order valence-corrected chi connectivity index (χ3v) is 5.27. The highest BCUT2D eigenvalue weighted by molar-refractivity contribution is 7.92. The Bertz CT molecular complexity index is 958. The maximum absolute atomic E-state index is 12.5. The van der Waals surface area contributed by atoms with Crippen molar-refractivity contribution < 1.29 is 8.42 Å². The minimum Gasteiger partial charge on any atom is -0.328 e. The molecule has 0 aliphatic carbocycles. The Hall–Kier alpha value is -2.93. The molecule has 0 fully saturated rings. The second-order valence-corrected chi connectivity index (χ2v) is 7.19. The van der Waals surface area contributed by atoms with Crippen molar-refractivity contribution in [2.45, 2.75) is 11.8 Å². The molecular formula is C18H18N4O2S. The lowest BCUT2D eigenvalue weighted by Gasteiger charge is -2.17. The summed E-state index contributed by atoms with van der Waals surface area (Å²) in [6, 6.07) is 19.8. The largest absolute Gasteiger partial charge is 0.328 e. The zero-order valence-corrected chi connectivity index (χ0v) is 14.7. The fraction of sp³-hybridized carbons (Fsp3) is 0.111. The molecule has 2 aromatic carbocycles. The number of aryl methyl sites for hydroxylation is 1. The fourth-order valence-electron chi connectivity index (χ4n) is 2.39. The lowest BCUT2D eigenvalue weighted by molar-refractivity contribution is 0.600. The number of sulfonamides is 1. The quantitative estimate of drug-likeness (QED) is 0.760. The van der Waals surface area contributed by atoms with Gasteiger partial charge >= 0.3 is 0 Å². The molecule has 1 N–H and O–H groups in total. The Morgan fingerprint density at radius 3 is 2.20 bits per heavy atom. The van der Waals surface area contributed by atoms with E-state index in [1.54, 1.807) is 43.3 Å². The first kappa shape index (κ1) is 16.9. The zero-order chi connectivity index (χ0) is 17.9. The van der Waals surface area contributed by atoms with Gasteiger partial charge in [0.1, 0.15) is 0 Å². The van der Waals surface area contributed by atoms with Crippen LogP contribution >= 0.6 is 0 Å². The molecule has 6 nitrogen and oxygen atoms in total. The normalized spacial score (nSPS) is 11.1. The zero-order valence-electron chi connectivity index (χ0n) is 13.9. The second kappa shape index (κ2) is 6.90. The second-order valence-electron chi connectivity index (χ2n) is 5.54. The molecule has 0 saturated heterocycles. The van der Waals surface area contributed by atoms with Crippen LogP contribution in [0.25, 0.3) is 0 Å². The van der Waals surface area contributed by atoms with Gasteiger partial charge in [0.2, 0.25) is 0 Å². The number of hydrogen-bond acceptors (Lipinski definition) is 5. The molecule has 25 heavy (non-hydrogen) atoms. The molecule has 0 atom stereocenters. The smallest absolute Gasteiger partial charge is 0.263 e. The van der Waals surface area contributed by atoms with Crippen molar-refractivity contribution in [1.29, 1.82) is 0 Å². The van der Waals surface area contributed by atoms with Crippen LogP contribution in [-0.2, 0) is 10.0 Å². The number of nitrogens with one attached hydrogen (secondary N) is 1. The van der Waals surface area contributed by atoms with Crippen LogP contribution in [0.15, 0.2) is 71.6 Å². The number of anilines is 3. The Morgan fingerprint density at radius 2 is 1.56 bits per heavy atom. The molecule has 7 heteroatoms. The molecule has 0 saturated carbocycles. The summed E-state index contributed by atoms with van der Waals surface area (Å²) in [5, 5.41) is 8.09. The first-order chi connectivity index (χ1) is 12.0. The van der Waals surface area contributed by atoms with Crippen molar-refractivity contribution in [3.63, 3.8) is 0 Å². The Labute approximate surface area is 147 Å². The lowest BCUT2D eigenvalue weighted by Crippen LogP contribution is -2.16. The van der Waals surface area contributed by atoms with Crippen molar-refractivity contribution in [2.24, 2.45) is 0 Å². The van der Waals surface area contributed by atoms with Crippen LogP contribution < -0.4 is 9.62 Å². The average molecular weight is 354 g/mol. The molecule has 0 radical (unpaired) electrons. The number of nitrogens with zero attached hydrogens (tertiary/aromatic N) is 3. The molecule has 1 aromatic heterocycles. The van der Waals surface area contributed by atoms with Crippen LogP contribution in [0.3, 0.4) is 0 Å². The highest BCUT2D eigenvalue weighted by atomic mass is 32.2. The Balaban J connectivity index is 1.80. The summed E-state index contributed by atoms with van der Waals surface area (Å²) in [5.41, 5.74) is 1.63. The summed E-state index contributed by atoms with van der Waals surface area (Å²) in [4.78, 5) is 2.09. The lowest BCUT2D eigenvalue weighted by atomic mass is 10.2. The van der Waals surface area contributed by atoms with Crippen molar-refractivity contribution in [2.75, 3.05) is 16.7 Å². The van der Waals surface area contributed by atoms with Gasteiger partial charge in [0, 0.05) is 12.7 Å². The summed E-state index contributed by atoms with van der Waals surface area (Å²) < 4.78 is 27.4. The van der Waals surface area contributed by atoms with Gasteiger partial charge in [-0.05, 0) is 42.8 Å². The van der Waals surface area contributed by atoms with E-state index in [-0.39, 0.29) is 10.7 Å². The maximum atomic E-state index is 12.5. The van der Waals surface area contributed by atoms with Gasteiger partial charge in [0.25, 0.3) is 10.0 Å². The van der Waals surface area contributed by atoms with E-state index in [1.165, 1.54) is 0 Å². The first-order valence-corrected chi connectivity index (χ1v) is 9.17. The van der Waals surface area contributed by atoms with Gasteiger partial charge in [0.15, 0.2) is 11.6 Å². The molecule has 1 heterocycles. The van der Waals surface area contributed by atoms with Gasteiger partial charge in [-0.2, -0.15) is 0 Å². The van der Waals surface area contributed by atoms with Gasteiger partial charge < -0.3 is 4.90 Å². The third-order valence-electron chi connectivity index (χ3n) is 3.76. The predicted octanol–water partition coefficient (Wildman–Crippen LogP) is 3.35. The van der Waals surface area contributed by atoms with Crippen LogP contribution in [0, 0.1) is 6.92 Å². The number of rotatable bonds is 5. The average Bonchev–Trinajstić information content (AvgIpc) is 2.62. The Kier molecular flexibility index (Phi) is 4.67. The van der Waals surface area contributed by atoms with Gasteiger partial charge in [-0.25, -0.2) is 8.42 Å². The van der Waals surface area contributed by atoms with Gasteiger partial charge in [-0.3, -0.25) is 4.72 Å². The van der Waals surface area contributed by atoms with E-state index >= 15 is 0 Å². The molecule has 0 aliphatic heterocycles. The molecule has 3 aromatic rings. The number of aromatic nitrogens is 2. The monoisotopic (exact) mass is 354 g/mol. The minimum atomic E-state index is -3.70. The van der Waals surface area contributed by atoms with Gasteiger partial charge in [-0.15, -0.1) is 10.2 Å². The van der Waals surface area contributed by atoms with Crippen LogP contribution in [-0.4, -0.2) is 25.7 Å². The molecule has 3 rings (SSSR count). The molecule has 0 spiro atoms. The number of benzene rings is 2. The summed E-state index contributed by atoms with van der Waals surface area (Å²) in [6.07, 6.45) is 0. The van der Waals surface area contributed by atoms with Gasteiger partial charge in [0.05, 0.1) is 4.90 Å². The van der Waals surface area contributed by atoms with E-state index in [0.717, 1.165) is 5.69 Å². The van der Waals surface area contributed by atoms with E-state index in [1.807, 2.05) is 42.3 Å². The molecular weight excluding hydrogens is 336 g/mol. The van der Waals surface area contributed by atoms with Crippen LogP contribution in [0.4, 0.5) is 17.3 Å². The van der Waals surface area contributed by atoms with Crippen molar-refractivity contribution >= 4 is 27.3 Å². The van der Waals surface area contributed by atoms with Crippen molar-refractivity contribution in [3.05, 3.63) is 72.3 Å². The third kappa shape index (κ3) is 3.77. The van der Waals surface area contributed by atoms with E-state index in [4.69, 9.17) is 0 Å². The predicted molar refractivity (Wildman–Crippen MR) is 98.5 cm³/mol. The topological polar surface area (TPSA) is 75.2 Å². The van der Waals surface area contributed by atoms with Crippen molar-refractivity contribution in [3.8, 4) is 0 Å². The summed E-state index contributed by atoms with van der Waals surface area (Å²) in [6.45, 7) is 1.75. The first-order valence-electron chi connectivity index (χ1n) is 7.68. The van der Waals surface area contributed by atoms with E-state index < -0.39 is 10.0 Å². The van der Waals surface area contributed by atoms with E-state index in [9.17, 15) is 8.42 Å². The molecule has 0 amide bonds. The van der Waals surface area contributed by atoms with Crippen molar-refractivity contribution in [1.82, 2.24) is 10.2 Å². The number of hydrogen-bond donors (Lipinski definition) is 1. The molecule has 128 valence electrons. The summed E-state index contributed by atoms with van der Waals surface area (Å²) >= 11 is 0. The number of para-hydroxylation sites is 1. The maximum Gasteiger partial charge on any atom is 0.263 e. The SMILES string of the molecule is Cc1ccccc1S(=O)(=O)Nc1ccc(N(C)c2ccccc2)nn1. The minimum absolute atomic E-state index is 0.175. The van der Waals surface area contributed by atoms with Gasteiger partial charge in [-0.1, -0.05) is 36.4 Å².